The highest BCUT2D eigenvalue weighted by Crippen LogP contribution is 2.16. The number of nitrogens with zero attached hydrogens (tertiary/aromatic N) is 4. The summed E-state index contributed by atoms with van der Waals surface area (Å²) in [7, 11) is -3.61. The highest BCUT2D eigenvalue weighted by atomic mass is 32.2. The standard InChI is InChI=1S/C11H17N5O2S/c1-4-15-7-10(5-12-15)14-19(17,18)11-6-13-16(8-11)9(2)3/h5-9,14H,4H2,1-3H3. The molecule has 0 aliphatic rings. The molecule has 2 rings (SSSR count). The van der Waals surface area contributed by atoms with Gasteiger partial charge >= 0.3 is 0 Å². The van der Waals surface area contributed by atoms with Gasteiger partial charge in [0.05, 0.1) is 18.1 Å². The van der Waals surface area contributed by atoms with Gasteiger partial charge in [0, 0.05) is 25.0 Å². The van der Waals surface area contributed by atoms with Gasteiger partial charge in [-0.15, -0.1) is 0 Å². The number of anilines is 1. The Morgan fingerprint density at radius 1 is 1.26 bits per heavy atom. The molecule has 0 aliphatic heterocycles. The Labute approximate surface area is 112 Å². The van der Waals surface area contributed by atoms with Gasteiger partial charge in [-0.2, -0.15) is 10.2 Å². The highest BCUT2D eigenvalue weighted by Gasteiger charge is 2.18. The zero-order chi connectivity index (χ0) is 14.0. The molecule has 0 unspecified atom stereocenters. The Morgan fingerprint density at radius 3 is 2.53 bits per heavy atom. The molecule has 0 spiro atoms. The van der Waals surface area contributed by atoms with E-state index in [2.05, 4.69) is 14.9 Å². The average Bonchev–Trinajstić information content (AvgIpc) is 2.95. The van der Waals surface area contributed by atoms with Crippen LogP contribution in [0.25, 0.3) is 0 Å². The Balaban J connectivity index is 2.21. The van der Waals surface area contributed by atoms with Crippen molar-refractivity contribution < 1.29 is 8.42 Å². The molecule has 0 saturated carbocycles. The molecule has 0 bridgehead atoms. The number of rotatable bonds is 5. The molecule has 19 heavy (non-hydrogen) atoms. The summed E-state index contributed by atoms with van der Waals surface area (Å²) in [6.07, 6.45) is 5.97. The molecule has 0 saturated heterocycles. The topological polar surface area (TPSA) is 81.8 Å². The van der Waals surface area contributed by atoms with E-state index in [1.54, 1.807) is 15.6 Å². The van der Waals surface area contributed by atoms with E-state index < -0.39 is 10.0 Å². The van der Waals surface area contributed by atoms with Gasteiger partial charge in [-0.3, -0.25) is 14.1 Å². The first-order valence-corrected chi connectivity index (χ1v) is 7.50. The first-order valence-electron chi connectivity index (χ1n) is 6.02. The van der Waals surface area contributed by atoms with E-state index in [1.807, 2.05) is 20.8 Å². The van der Waals surface area contributed by atoms with Crippen LogP contribution in [0.2, 0.25) is 0 Å². The molecule has 0 aromatic carbocycles. The highest BCUT2D eigenvalue weighted by molar-refractivity contribution is 7.92. The van der Waals surface area contributed by atoms with Crippen LogP contribution < -0.4 is 4.72 Å². The second-order valence-electron chi connectivity index (χ2n) is 4.44. The molecule has 0 fully saturated rings. The van der Waals surface area contributed by atoms with Crippen molar-refractivity contribution in [3.05, 3.63) is 24.8 Å². The van der Waals surface area contributed by atoms with Crippen LogP contribution in [-0.2, 0) is 16.6 Å². The van der Waals surface area contributed by atoms with Gasteiger partial charge in [-0.25, -0.2) is 8.42 Å². The fourth-order valence-electron chi connectivity index (χ4n) is 1.55. The number of hydrogen-bond acceptors (Lipinski definition) is 4. The summed E-state index contributed by atoms with van der Waals surface area (Å²) in [4.78, 5) is 0.144. The van der Waals surface area contributed by atoms with Crippen molar-refractivity contribution >= 4 is 15.7 Å². The van der Waals surface area contributed by atoms with Gasteiger partial charge in [-0.1, -0.05) is 0 Å². The molecule has 7 nitrogen and oxygen atoms in total. The summed E-state index contributed by atoms with van der Waals surface area (Å²) in [6, 6.07) is 0.117. The normalized spacial score (nSPS) is 12.0. The zero-order valence-electron chi connectivity index (χ0n) is 11.1. The lowest BCUT2D eigenvalue weighted by molar-refractivity contribution is 0.531. The molecule has 2 aromatic heterocycles. The number of sulfonamides is 1. The number of hydrogen-bond donors (Lipinski definition) is 1. The maximum Gasteiger partial charge on any atom is 0.265 e. The minimum atomic E-state index is -3.61. The van der Waals surface area contributed by atoms with E-state index in [0.29, 0.717) is 12.2 Å². The molecule has 8 heteroatoms. The summed E-state index contributed by atoms with van der Waals surface area (Å²) < 4.78 is 30.0. The fraction of sp³-hybridized carbons (Fsp3) is 0.455. The molecule has 0 radical (unpaired) electrons. The maximum atomic E-state index is 12.1. The van der Waals surface area contributed by atoms with Crippen LogP contribution in [0.15, 0.2) is 29.7 Å². The summed E-state index contributed by atoms with van der Waals surface area (Å²) in [5.41, 5.74) is 0.444. The van der Waals surface area contributed by atoms with Crippen LogP contribution in [0.1, 0.15) is 26.8 Å². The third kappa shape index (κ3) is 2.95. The molecular weight excluding hydrogens is 266 g/mol. The lowest BCUT2D eigenvalue weighted by Crippen LogP contribution is -2.12. The Morgan fingerprint density at radius 2 is 2.00 bits per heavy atom. The molecular formula is C11H17N5O2S. The molecule has 2 heterocycles. The van der Waals surface area contributed by atoms with Crippen molar-refractivity contribution in [1.82, 2.24) is 19.6 Å². The summed E-state index contributed by atoms with van der Waals surface area (Å²) in [5.74, 6) is 0. The van der Waals surface area contributed by atoms with Gasteiger partial charge in [0.1, 0.15) is 4.90 Å². The van der Waals surface area contributed by atoms with E-state index in [1.165, 1.54) is 18.6 Å². The Kier molecular flexibility index (Phi) is 3.61. The lowest BCUT2D eigenvalue weighted by atomic mass is 10.4. The molecule has 0 aliphatic carbocycles. The largest absolute Gasteiger partial charge is 0.276 e. The van der Waals surface area contributed by atoms with Crippen molar-refractivity contribution in [3.63, 3.8) is 0 Å². The lowest BCUT2D eigenvalue weighted by Gasteiger charge is -2.04. The van der Waals surface area contributed by atoms with E-state index in [0.717, 1.165) is 0 Å². The van der Waals surface area contributed by atoms with Crippen LogP contribution in [0, 0.1) is 0 Å². The Hall–Kier alpha value is -1.83. The van der Waals surface area contributed by atoms with Gasteiger partial charge in [0.25, 0.3) is 10.0 Å². The predicted octanol–water partition coefficient (Wildman–Crippen LogP) is 1.48. The van der Waals surface area contributed by atoms with Crippen LogP contribution >= 0.6 is 0 Å². The van der Waals surface area contributed by atoms with Gasteiger partial charge in [0.2, 0.25) is 0 Å². The molecule has 0 atom stereocenters. The molecule has 2 aromatic rings. The van der Waals surface area contributed by atoms with Crippen molar-refractivity contribution in [3.8, 4) is 0 Å². The number of aryl methyl sites for hydroxylation is 1. The predicted molar refractivity (Wildman–Crippen MR) is 71.3 cm³/mol. The van der Waals surface area contributed by atoms with Crippen molar-refractivity contribution in [2.45, 2.75) is 38.3 Å². The minimum Gasteiger partial charge on any atom is -0.276 e. The molecule has 1 N–H and O–H groups in total. The van der Waals surface area contributed by atoms with Gasteiger partial charge in [-0.05, 0) is 20.8 Å². The second kappa shape index (κ2) is 5.04. The van der Waals surface area contributed by atoms with Crippen molar-refractivity contribution in [2.75, 3.05) is 4.72 Å². The Bertz CT molecular complexity index is 656. The number of aromatic nitrogens is 4. The molecule has 0 amide bonds. The maximum absolute atomic E-state index is 12.1. The third-order valence-electron chi connectivity index (χ3n) is 2.63. The van der Waals surface area contributed by atoms with Crippen LogP contribution in [-0.4, -0.2) is 28.0 Å². The zero-order valence-corrected chi connectivity index (χ0v) is 11.9. The number of nitrogens with one attached hydrogen (secondary N) is 1. The van der Waals surface area contributed by atoms with Crippen LogP contribution in [0.3, 0.4) is 0 Å². The smallest absolute Gasteiger partial charge is 0.265 e. The second-order valence-corrected chi connectivity index (χ2v) is 6.12. The third-order valence-corrected chi connectivity index (χ3v) is 3.96. The minimum absolute atomic E-state index is 0.117. The van der Waals surface area contributed by atoms with Crippen LogP contribution in [0.4, 0.5) is 5.69 Å². The van der Waals surface area contributed by atoms with E-state index in [9.17, 15) is 8.42 Å². The van der Waals surface area contributed by atoms with E-state index >= 15 is 0 Å². The quantitative estimate of drug-likeness (QED) is 0.901. The monoisotopic (exact) mass is 283 g/mol. The average molecular weight is 283 g/mol. The summed E-state index contributed by atoms with van der Waals surface area (Å²) in [6.45, 7) is 6.48. The first kappa shape index (κ1) is 13.6. The van der Waals surface area contributed by atoms with E-state index in [4.69, 9.17) is 0 Å². The van der Waals surface area contributed by atoms with Crippen LogP contribution in [0.5, 0.6) is 0 Å². The summed E-state index contributed by atoms with van der Waals surface area (Å²) in [5, 5.41) is 8.04. The van der Waals surface area contributed by atoms with Crippen molar-refractivity contribution in [1.29, 1.82) is 0 Å². The SMILES string of the molecule is CCn1cc(NS(=O)(=O)c2cnn(C(C)C)c2)cn1. The van der Waals surface area contributed by atoms with E-state index in [-0.39, 0.29) is 10.9 Å². The van der Waals surface area contributed by atoms with Gasteiger partial charge < -0.3 is 0 Å². The first-order chi connectivity index (χ1) is 8.92. The fourth-order valence-corrected chi connectivity index (χ4v) is 2.51. The molecule has 104 valence electrons. The summed E-state index contributed by atoms with van der Waals surface area (Å²) >= 11 is 0. The van der Waals surface area contributed by atoms with Crippen molar-refractivity contribution in [2.24, 2.45) is 0 Å². The van der Waals surface area contributed by atoms with Gasteiger partial charge in [0.15, 0.2) is 0 Å².